The molecular formula is C12H16N4O. The molecule has 0 fully saturated rings. The Morgan fingerprint density at radius 3 is 3.18 bits per heavy atom. The van der Waals surface area contributed by atoms with E-state index >= 15 is 0 Å². The van der Waals surface area contributed by atoms with E-state index in [-0.39, 0.29) is 11.8 Å². The lowest BCUT2D eigenvalue weighted by molar-refractivity contribution is -0.119. The minimum absolute atomic E-state index is 0.00526. The van der Waals surface area contributed by atoms with Gasteiger partial charge in [-0.1, -0.05) is 6.92 Å². The first-order valence-electron chi connectivity index (χ1n) is 5.65. The fraction of sp³-hybridized carbons (Fsp3) is 0.333. The van der Waals surface area contributed by atoms with Crippen molar-refractivity contribution in [3.8, 4) is 0 Å². The molecule has 4 N–H and O–H groups in total. The molecule has 0 bridgehead atoms. The SMILES string of the molecule is CC(CCN)C(=O)Nc1ccc2nc[nH]c2c1. The van der Waals surface area contributed by atoms with Gasteiger partial charge < -0.3 is 16.0 Å². The Morgan fingerprint density at radius 1 is 1.59 bits per heavy atom. The number of nitrogens with zero attached hydrogens (tertiary/aromatic N) is 1. The van der Waals surface area contributed by atoms with Gasteiger partial charge >= 0.3 is 0 Å². The van der Waals surface area contributed by atoms with Crippen molar-refractivity contribution in [3.63, 3.8) is 0 Å². The maximum atomic E-state index is 11.8. The average Bonchev–Trinajstić information content (AvgIpc) is 2.76. The van der Waals surface area contributed by atoms with Crippen molar-refractivity contribution in [2.45, 2.75) is 13.3 Å². The number of rotatable bonds is 4. The lowest BCUT2D eigenvalue weighted by atomic mass is 10.1. The van der Waals surface area contributed by atoms with E-state index in [1.807, 2.05) is 25.1 Å². The van der Waals surface area contributed by atoms with Gasteiger partial charge in [0.25, 0.3) is 0 Å². The van der Waals surface area contributed by atoms with Crippen LogP contribution in [0.4, 0.5) is 5.69 Å². The third kappa shape index (κ3) is 2.62. The van der Waals surface area contributed by atoms with E-state index in [1.165, 1.54) is 0 Å². The average molecular weight is 232 g/mol. The zero-order chi connectivity index (χ0) is 12.3. The van der Waals surface area contributed by atoms with Gasteiger partial charge in [0.1, 0.15) is 0 Å². The smallest absolute Gasteiger partial charge is 0.227 e. The zero-order valence-corrected chi connectivity index (χ0v) is 9.73. The number of aromatic amines is 1. The Hall–Kier alpha value is -1.88. The van der Waals surface area contributed by atoms with Crippen molar-refractivity contribution in [1.82, 2.24) is 9.97 Å². The van der Waals surface area contributed by atoms with Crippen LogP contribution in [0.2, 0.25) is 0 Å². The summed E-state index contributed by atoms with van der Waals surface area (Å²) in [5.74, 6) is -0.0771. The minimum atomic E-state index is -0.0718. The van der Waals surface area contributed by atoms with Crippen molar-refractivity contribution in [1.29, 1.82) is 0 Å². The number of benzene rings is 1. The van der Waals surface area contributed by atoms with E-state index in [0.717, 1.165) is 16.7 Å². The molecule has 0 saturated carbocycles. The molecule has 2 aromatic rings. The summed E-state index contributed by atoms with van der Waals surface area (Å²) in [5.41, 5.74) is 8.00. The summed E-state index contributed by atoms with van der Waals surface area (Å²) in [6, 6.07) is 5.58. The van der Waals surface area contributed by atoms with Crippen molar-refractivity contribution in [2.24, 2.45) is 11.7 Å². The van der Waals surface area contributed by atoms with Gasteiger partial charge in [0.2, 0.25) is 5.91 Å². The van der Waals surface area contributed by atoms with Crippen LogP contribution in [-0.4, -0.2) is 22.4 Å². The number of nitrogens with one attached hydrogen (secondary N) is 2. The Bertz CT molecular complexity index is 520. The predicted molar refractivity (Wildman–Crippen MR) is 67.6 cm³/mol. The number of carbonyl (C=O) groups excluding carboxylic acids is 1. The molecule has 0 spiro atoms. The standard InChI is InChI=1S/C12H16N4O/c1-8(4-5-13)12(17)16-9-2-3-10-11(6-9)15-7-14-10/h2-3,6-8H,4-5,13H2,1H3,(H,14,15)(H,16,17). The summed E-state index contributed by atoms with van der Waals surface area (Å²) in [7, 11) is 0. The van der Waals surface area contributed by atoms with Gasteiger partial charge in [-0.15, -0.1) is 0 Å². The van der Waals surface area contributed by atoms with Crippen LogP contribution in [0.3, 0.4) is 0 Å². The fourth-order valence-electron chi connectivity index (χ4n) is 1.66. The van der Waals surface area contributed by atoms with Gasteiger partial charge in [-0.25, -0.2) is 4.98 Å². The first-order chi connectivity index (χ1) is 8.20. The topological polar surface area (TPSA) is 83.8 Å². The Balaban J connectivity index is 2.09. The summed E-state index contributed by atoms with van der Waals surface area (Å²) in [6.07, 6.45) is 2.32. The highest BCUT2D eigenvalue weighted by Gasteiger charge is 2.12. The second-order valence-corrected chi connectivity index (χ2v) is 4.10. The van der Waals surface area contributed by atoms with Crippen molar-refractivity contribution < 1.29 is 4.79 Å². The number of imidazole rings is 1. The molecule has 17 heavy (non-hydrogen) atoms. The van der Waals surface area contributed by atoms with E-state index < -0.39 is 0 Å². The van der Waals surface area contributed by atoms with Crippen LogP contribution < -0.4 is 11.1 Å². The summed E-state index contributed by atoms with van der Waals surface area (Å²) in [5, 5.41) is 2.87. The molecule has 90 valence electrons. The highest BCUT2D eigenvalue weighted by Crippen LogP contribution is 2.16. The Morgan fingerprint density at radius 2 is 2.41 bits per heavy atom. The van der Waals surface area contributed by atoms with Crippen molar-refractivity contribution in [2.75, 3.05) is 11.9 Å². The molecule has 1 amide bonds. The number of hydrogen-bond acceptors (Lipinski definition) is 3. The minimum Gasteiger partial charge on any atom is -0.345 e. The lowest BCUT2D eigenvalue weighted by Crippen LogP contribution is -2.22. The number of carbonyl (C=O) groups is 1. The van der Waals surface area contributed by atoms with Crippen molar-refractivity contribution >= 4 is 22.6 Å². The molecule has 0 radical (unpaired) electrons. The summed E-state index contributed by atoms with van der Waals surface area (Å²) >= 11 is 0. The van der Waals surface area contributed by atoms with E-state index in [4.69, 9.17) is 5.73 Å². The van der Waals surface area contributed by atoms with Crippen LogP contribution in [-0.2, 0) is 4.79 Å². The van der Waals surface area contributed by atoms with E-state index in [9.17, 15) is 4.79 Å². The molecule has 1 unspecified atom stereocenters. The van der Waals surface area contributed by atoms with E-state index in [0.29, 0.717) is 13.0 Å². The van der Waals surface area contributed by atoms with E-state index in [2.05, 4.69) is 15.3 Å². The number of hydrogen-bond donors (Lipinski definition) is 3. The molecule has 0 aliphatic rings. The quantitative estimate of drug-likeness (QED) is 0.746. The molecule has 2 rings (SSSR count). The highest BCUT2D eigenvalue weighted by molar-refractivity contribution is 5.94. The van der Waals surface area contributed by atoms with Gasteiger partial charge in [0.15, 0.2) is 0 Å². The normalized spacial score (nSPS) is 12.6. The van der Waals surface area contributed by atoms with Crippen LogP contribution in [0.1, 0.15) is 13.3 Å². The third-order valence-electron chi connectivity index (χ3n) is 2.74. The Kier molecular flexibility index (Phi) is 3.39. The molecule has 5 heteroatoms. The van der Waals surface area contributed by atoms with Gasteiger partial charge in [0.05, 0.1) is 17.4 Å². The predicted octanol–water partition coefficient (Wildman–Crippen LogP) is 1.49. The van der Waals surface area contributed by atoms with E-state index in [1.54, 1.807) is 6.33 Å². The molecule has 0 aliphatic carbocycles. The second-order valence-electron chi connectivity index (χ2n) is 4.10. The molecule has 1 atom stereocenters. The summed E-state index contributed by atoms with van der Waals surface area (Å²) in [6.45, 7) is 2.39. The molecule has 5 nitrogen and oxygen atoms in total. The molecule has 1 heterocycles. The van der Waals surface area contributed by atoms with Gasteiger partial charge in [0, 0.05) is 11.6 Å². The number of aromatic nitrogens is 2. The monoisotopic (exact) mass is 232 g/mol. The first kappa shape index (κ1) is 11.6. The van der Waals surface area contributed by atoms with Crippen LogP contribution in [0.5, 0.6) is 0 Å². The summed E-state index contributed by atoms with van der Waals surface area (Å²) < 4.78 is 0. The fourth-order valence-corrected chi connectivity index (χ4v) is 1.66. The van der Waals surface area contributed by atoms with Crippen LogP contribution >= 0.6 is 0 Å². The zero-order valence-electron chi connectivity index (χ0n) is 9.73. The molecule has 0 saturated heterocycles. The first-order valence-corrected chi connectivity index (χ1v) is 5.65. The maximum Gasteiger partial charge on any atom is 0.227 e. The summed E-state index contributed by atoms with van der Waals surface area (Å²) in [4.78, 5) is 18.9. The molecular weight excluding hydrogens is 216 g/mol. The number of H-pyrrole nitrogens is 1. The van der Waals surface area contributed by atoms with Gasteiger partial charge in [-0.05, 0) is 31.2 Å². The largest absolute Gasteiger partial charge is 0.345 e. The van der Waals surface area contributed by atoms with Crippen LogP contribution in [0.25, 0.3) is 11.0 Å². The molecule has 1 aromatic carbocycles. The van der Waals surface area contributed by atoms with Gasteiger partial charge in [-0.3, -0.25) is 4.79 Å². The molecule has 1 aromatic heterocycles. The Labute approximate surface area is 99.4 Å². The van der Waals surface area contributed by atoms with Crippen molar-refractivity contribution in [3.05, 3.63) is 24.5 Å². The van der Waals surface area contributed by atoms with Crippen LogP contribution in [0.15, 0.2) is 24.5 Å². The maximum absolute atomic E-state index is 11.8. The number of fused-ring (bicyclic) bond motifs is 1. The lowest BCUT2D eigenvalue weighted by Gasteiger charge is -2.10. The second kappa shape index (κ2) is 4.97. The number of nitrogens with two attached hydrogens (primary N) is 1. The van der Waals surface area contributed by atoms with Gasteiger partial charge in [-0.2, -0.15) is 0 Å². The van der Waals surface area contributed by atoms with Crippen LogP contribution in [0, 0.1) is 5.92 Å². The highest BCUT2D eigenvalue weighted by atomic mass is 16.1. The number of amides is 1. The number of anilines is 1. The third-order valence-corrected chi connectivity index (χ3v) is 2.74. The molecule has 0 aliphatic heterocycles.